The van der Waals surface area contributed by atoms with Gasteiger partial charge in [0.15, 0.2) is 0 Å². The predicted octanol–water partition coefficient (Wildman–Crippen LogP) is 2.06. The Hall–Kier alpha value is -1.20. The van der Waals surface area contributed by atoms with E-state index in [-0.39, 0.29) is 21.5 Å². The highest BCUT2D eigenvalue weighted by Gasteiger charge is 2.26. The van der Waals surface area contributed by atoms with E-state index in [1.165, 1.54) is 31.1 Å². The van der Waals surface area contributed by atoms with Crippen LogP contribution < -0.4 is 15.2 Å². The van der Waals surface area contributed by atoms with Crippen LogP contribution in [0.4, 0.5) is 5.82 Å². The van der Waals surface area contributed by atoms with E-state index in [1.54, 1.807) is 6.08 Å². The van der Waals surface area contributed by atoms with Crippen molar-refractivity contribution < 1.29 is 13.2 Å². The van der Waals surface area contributed by atoms with Crippen molar-refractivity contribution in [3.63, 3.8) is 0 Å². The summed E-state index contributed by atoms with van der Waals surface area (Å²) in [7, 11) is -2.57. The second-order valence-electron chi connectivity index (χ2n) is 4.53. The smallest absolute Gasteiger partial charge is 0.264 e. The summed E-state index contributed by atoms with van der Waals surface area (Å²) in [6.45, 7) is 0.489. The van der Waals surface area contributed by atoms with Gasteiger partial charge >= 0.3 is 0 Å². The van der Waals surface area contributed by atoms with Crippen LogP contribution in [0.25, 0.3) is 0 Å². The van der Waals surface area contributed by atoms with E-state index in [0.717, 1.165) is 0 Å². The molecule has 1 aliphatic rings. The lowest BCUT2D eigenvalue weighted by molar-refractivity contribution is 0.394. The van der Waals surface area contributed by atoms with E-state index in [0.29, 0.717) is 28.8 Å². The normalized spacial score (nSPS) is 14.9. The molecule has 0 saturated carbocycles. The molecule has 0 bridgehead atoms. The topological polar surface area (TPSA) is 107 Å². The van der Waals surface area contributed by atoms with Crippen LogP contribution in [0.3, 0.4) is 0 Å². The number of methoxy groups -OCH3 is 1. The summed E-state index contributed by atoms with van der Waals surface area (Å²) < 4.78 is 32.5. The van der Waals surface area contributed by atoms with Crippen LogP contribution in [0, 0.1) is 0 Å². The van der Waals surface area contributed by atoms with E-state index in [1.807, 2.05) is 0 Å². The lowest BCUT2D eigenvalue weighted by Crippen LogP contribution is -2.22. The molecule has 0 fully saturated rings. The minimum absolute atomic E-state index is 0.0241. The fraction of sp³-hybridized carbons (Fsp3) is 0.308. The molecule has 1 aromatic rings. The number of anilines is 1. The maximum Gasteiger partial charge on any atom is 0.264 e. The Kier molecular flexibility index (Phi) is 6.58. The van der Waals surface area contributed by atoms with Gasteiger partial charge in [0.1, 0.15) is 9.93 Å². The lowest BCUT2D eigenvalue weighted by Gasteiger charge is -2.15. The molecule has 0 aliphatic heterocycles. The Bertz CT molecular complexity index is 809. The summed E-state index contributed by atoms with van der Waals surface area (Å²) in [5.41, 5.74) is 5.44. The fourth-order valence-electron chi connectivity index (χ4n) is 1.77. The van der Waals surface area contributed by atoms with Crippen LogP contribution in [0.1, 0.15) is 6.42 Å². The number of nitrogens with one attached hydrogen (secondary N) is 1. The monoisotopic (exact) mass is 406 g/mol. The van der Waals surface area contributed by atoms with Crippen LogP contribution in [-0.2, 0) is 10.0 Å². The van der Waals surface area contributed by atoms with E-state index < -0.39 is 10.0 Å². The van der Waals surface area contributed by atoms with Gasteiger partial charge in [-0.15, -0.1) is 11.8 Å². The van der Waals surface area contributed by atoms with Crippen LogP contribution in [0.15, 0.2) is 33.3 Å². The van der Waals surface area contributed by atoms with Crippen molar-refractivity contribution in [2.24, 2.45) is 5.73 Å². The Morgan fingerprint density at radius 3 is 2.96 bits per heavy atom. The van der Waals surface area contributed by atoms with Crippen LogP contribution in [0.2, 0.25) is 0 Å². The Labute approximate surface area is 154 Å². The number of ether oxygens (including phenoxy) is 1. The molecule has 2 rings (SSSR count). The Balaban J connectivity index is 2.29. The number of hydrogen-bond donors (Lipinski definition) is 2. The summed E-state index contributed by atoms with van der Waals surface area (Å²) in [4.78, 5) is 8.48. The number of halogens is 1. The first kappa shape index (κ1) is 19.1. The highest BCUT2D eigenvalue weighted by molar-refractivity contribution is 7.99. The van der Waals surface area contributed by atoms with Crippen molar-refractivity contribution in [1.82, 2.24) is 9.97 Å². The molecule has 0 saturated heterocycles. The van der Waals surface area contributed by atoms with Gasteiger partial charge in [0.2, 0.25) is 5.82 Å². The SMILES string of the molecule is COc1nc(SCCN)cnc1NS(=O)(=O)C1=CC(Cl)=CCC1=S. The number of hydrogen-bond acceptors (Lipinski definition) is 8. The maximum atomic E-state index is 12.5. The first-order valence-corrected chi connectivity index (χ1v) is 10.00. The summed E-state index contributed by atoms with van der Waals surface area (Å²) in [5, 5.41) is 0.897. The van der Waals surface area contributed by atoms with Crippen molar-refractivity contribution in [2.45, 2.75) is 11.4 Å². The first-order chi connectivity index (χ1) is 11.4. The number of nitrogens with zero attached hydrogens (tertiary/aromatic N) is 2. The lowest BCUT2D eigenvalue weighted by atomic mass is 10.2. The molecule has 0 spiro atoms. The van der Waals surface area contributed by atoms with E-state index in [9.17, 15) is 8.42 Å². The van der Waals surface area contributed by atoms with E-state index >= 15 is 0 Å². The zero-order valence-electron chi connectivity index (χ0n) is 12.7. The fourth-order valence-corrected chi connectivity index (χ4v) is 4.26. The minimum atomic E-state index is -3.95. The van der Waals surface area contributed by atoms with E-state index in [4.69, 9.17) is 34.3 Å². The molecule has 11 heteroatoms. The molecule has 0 atom stereocenters. The summed E-state index contributed by atoms with van der Waals surface area (Å²) >= 11 is 12.4. The molecular weight excluding hydrogens is 392 g/mol. The molecule has 3 N–H and O–H groups in total. The van der Waals surface area contributed by atoms with Gasteiger partial charge in [0.05, 0.1) is 13.3 Å². The molecule has 7 nitrogen and oxygen atoms in total. The largest absolute Gasteiger partial charge is 0.478 e. The molecule has 24 heavy (non-hydrogen) atoms. The third-order valence-corrected chi connectivity index (χ3v) is 5.94. The van der Waals surface area contributed by atoms with Gasteiger partial charge in [-0.05, 0) is 6.08 Å². The molecule has 0 unspecified atom stereocenters. The summed E-state index contributed by atoms with van der Waals surface area (Å²) in [5.74, 6) is 0.697. The van der Waals surface area contributed by atoms with Crippen molar-refractivity contribution in [3.05, 3.63) is 28.3 Å². The number of aromatic nitrogens is 2. The first-order valence-electron chi connectivity index (χ1n) is 6.74. The highest BCUT2D eigenvalue weighted by atomic mass is 35.5. The number of sulfonamides is 1. The van der Waals surface area contributed by atoms with Crippen LogP contribution in [-0.4, -0.2) is 42.7 Å². The van der Waals surface area contributed by atoms with E-state index in [2.05, 4.69) is 14.7 Å². The molecule has 1 aromatic heterocycles. The molecule has 1 aliphatic carbocycles. The van der Waals surface area contributed by atoms with Gasteiger partial charge < -0.3 is 10.5 Å². The second kappa shape index (κ2) is 8.26. The third kappa shape index (κ3) is 4.67. The second-order valence-corrected chi connectivity index (χ2v) is 8.23. The van der Waals surface area contributed by atoms with Crippen LogP contribution in [0.5, 0.6) is 5.88 Å². The summed E-state index contributed by atoms with van der Waals surface area (Å²) in [6.07, 6.45) is 4.69. The van der Waals surface area contributed by atoms with Gasteiger partial charge in [-0.1, -0.05) is 29.9 Å². The standard InChI is InChI=1S/C13H15ClN4O3S3/c1-21-13-12(16-7-11(17-13)23-5-4-15)18-24(19,20)10-6-8(14)2-3-9(10)22/h2,6-7H,3-5,15H2,1H3,(H,16,18). The van der Waals surface area contributed by atoms with Crippen LogP contribution >= 0.6 is 35.6 Å². The van der Waals surface area contributed by atoms with Gasteiger partial charge in [0.25, 0.3) is 15.9 Å². The molecule has 1 heterocycles. The highest BCUT2D eigenvalue weighted by Crippen LogP contribution is 2.28. The summed E-state index contributed by atoms with van der Waals surface area (Å²) in [6, 6.07) is 0. The minimum Gasteiger partial charge on any atom is -0.478 e. The molecule has 0 radical (unpaired) electrons. The van der Waals surface area contributed by atoms with Crippen molar-refractivity contribution >= 4 is 56.3 Å². The third-order valence-electron chi connectivity index (χ3n) is 2.83. The number of allylic oxidation sites excluding steroid dienone is 4. The number of thiocarbonyl (C=S) groups is 1. The molecule has 0 amide bonds. The average molecular weight is 407 g/mol. The Morgan fingerprint density at radius 2 is 2.29 bits per heavy atom. The van der Waals surface area contributed by atoms with Gasteiger partial charge in [-0.2, -0.15) is 0 Å². The molecular formula is C13H15ClN4O3S3. The molecule has 130 valence electrons. The predicted molar refractivity (Wildman–Crippen MR) is 100 cm³/mol. The van der Waals surface area contributed by atoms with Gasteiger partial charge in [0, 0.05) is 28.6 Å². The zero-order valence-corrected chi connectivity index (χ0v) is 15.9. The van der Waals surface area contributed by atoms with Crippen molar-refractivity contribution in [2.75, 3.05) is 24.1 Å². The quantitative estimate of drug-likeness (QED) is 0.523. The van der Waals surface area contributed by atoms with Crippen molar-refractivity contribution in [1.29, 1.82) is 0 Å². The maximum absolute atomic E-state index is 12.5. The average Bonchev–Trinajstić information content (AvgIpc) is 2.55. The van der Waals surface area contributed by atoms with Crippen molar-refractivity contribution in [3.8, 4) is 5.88 Å². The number of thioether (sulfide) groups is 1. The Morgan fingerprint density at radius 1 is 1.54 bits per heavy atom. The zero-order chi connectivity index (χ0) is 17.7. The van der Waals surface area contributed by atoms with Gasteiger partial charge in [-0.3, -0.25) is 4.72 Å². The number of nitrogens with two attached hydrogens (primary N) is 1. The van der Waals surface area contributed by atoms with Gasteiger partial charge in [-0.25, -0.2) is 18.4 Å². The molecule has 0 aromatic carbocycles. The number of rotatable bonds is 7.